The van der Waals surface area contributed by atoms with Crippen molar-refractivity contribution in [3.8, 4) is 6.07 Å². The van der Waals surface area contributed by atoms with E-state index in [-0.39, 0.29) is 24.5 Å². The zero-order valence-corrected chi connectivity index (χ0v) is 8.62. The van der Waals surface area contributed by atoms with E-state index < -0.39 is 0 Å². The summed E-state index contributed by atoms with van der Waals surface area (Å²) in [6.45, 7) is 0. The van der Waals surface area contributed by atoms with Gasteiger partial charge in [0.1, 0.15) is 0 Å². The maximum Gasteiger partial charge on any atom is 0.228 e. The van der Waals surface area contributed by atoms with Crippen molar-refractivity contribution >= 4 is 17.4 Å². The fourth-order valence-electron chi connectivity index (χ4n) is 1.72. The lowest BCUT2D eigenvalue weighted by molar-refractivity contribution is -0.115. The molecule has 0 saturated heterocycles. The second-order valence-corrected chi connectivity index (χ2v) is 3.68. The van der Waals surface area contributed by atoms with E-state index in [1.54, 1.807) is 18.2 Å². The third-order valence-corrected chi connectivity index (χ3v) is 2.52. The van der Waals surface area contributed by atoms with Crippen LogP contribution in [0, 0.1) is 11.3 Å². The van der Waals surface area contributed by atoms with Crippen molar-refractivity contribution in [1.82, 2.24) is 0 Å². The van der Waals surface area contributed by atoms with E-state index in [9.17, 15) is 9.59 Å². The largest absolute Gasteiger partial charge is 0.326 e. The van der Waals surface area contributed by atoms with Crippen LogP contribution >= 0.6 is 0 Å². The summed E-state index contributed by atoms with van der Waals surface area (Å²) in [6.07, 6.45) is 0.790. The Balaban J connectivity index is 2.20. The summed E-state index contributed by atoms with van der Waals surface area (Å²) in [4.78, 5) is 22.7. The Morgan fingerprint density at radius 2 is 2.31 bits per heavy atom. The number of fused-ring (bicyclic) bond motifs is 1. The first-order valence-corrected chi connectivity index (χ1v) is 5.03. The lowest BCUT2D eigenvalue weighted by Gasteiger charge is -2.02. The molecule has 1 N–H and O–H groups in total. The number of rotatable bonds is 3. The van der Waals surface area contributed by atoms with Crippen LogP contribution in [-0.2, 0) is 11.2 Å². The van der Waals surface area contributed by atoms with Gasteiger partial charge in [0.25, 0.3) is 0 Å². The number of anilines is 1. The predicted octanol–water partition coefficient (Wildman–Crippen LogP) is 1.67. The van der Waals surface area contributed by atoms with Gasteiger partial charge >= 0.3 is 0 Å². The van der Waals surface area contributed by atoms with E-state index >= 15 is 0 Å². The maximum absolute atomic E-state index is 11.6. The van der Waals surface area contributed by atoms with Crippen molar-refractivity contribution in [1.29, 1.82) is 5.26 Å². The van der Waals surface area contributed by atoms with Crippen molar-refractivity contribution in [3.05, 3.63) is 29.3 Å². The molecule has 4 heteroatoms. The zero-order chi connectivity index (χ0) is 11.5. The molecule has 1 aliphatic rings. The van der Waals surface area contributed by atoms with E-state index in [2.05, 4.69) is 5.32 Å². The molecule has 1 aliphatic heterocycles. The summed E-state index contributed by atoms with van der Waals surface area (Å²) in [5, 5.41) is 11.1. The molecule has 1 aromatic carbocycles. The van der Waals surface area contributed by atoms with Gasteiger partial charge in [-0.25, -0.2) is 0 Å². The summed E-state index contributed by atoms with van der Waals surface area (Å²) >= 11 is 0. The maximum atomic E-state index is 11.6. The molecule has 0 spiro atoms. The van der Waals surface area contributed by atoms with Crippen molar-refractivity contribution in [3.63, 3.8) is 0 Å². The Labute approximate surface area is 92.9 Å². The second kappa shape index (κ2) is 4.15. The average molecular weight is 214 g/mol. The van der Waals surface area contributed by atoms with E-state index in [1.165, 1.54) is 0 Å². The van der Waals surface area contributed by atoms with Gasteiger partial charge in [-0.3, -0.25) is 9.59 Å². The number of carbonyl (C=O) groups is 2. The van der Waals surface area contributed by atoms with E-state index in [0.29, 0.717) is 12.0 Å². The SMILES string of the molecule is N#CCCC(=O)c1ccc2c(c1)CC(=O)N2. The molecule has 1 aromatic rings. The molecule has 4 nitrogen and oxygen atoms in total. The molecular formula is C12H10N2O2. The number of nitrogens with one attached hydrogen (secondary N) is 1. The highest BCUT2D eigenvalue weighted by Gasteiger charge is 2.18. The van der Waals surface area contributed by atoms with Crippen LogP contribution < -0.4 is 5.32 Å². The van der Waals surface area contributed by atoms with Crippen LogP contribution in [0.1, 0.15) is 28.8 Å². The number of benzene rings is 1. The van der Waals surface area contributed by atoms with Gasteiger partial charge in [0.2, 0.25) is 5.91 Å². The third kappa shape index (κ3) is 1.94. The topological polar surface area (TPSA) is 70.0 Å². The van der Waals surface area contributed by atoms with Crippen LogP contribution in [0.5, 0.6) is 0 Å². The van der Waals surface area contributed by atoms with Crippen molar-refractivity contribution in [2.45, 2.75) is 19.3 Å². The van der Waals surface area contributed by atoms with Crippen LogP contribution in [0.3, 0.4) is 0 Å². The second-order valence-electron chi connectivity index (χ2n) is 3.68. The summed E-state index contributed by atoms with van der Waals surface area (Å²) in [5.74, 6) is -0.0969. The Kier molecular flexibility index (Phi) is 2.69. The van der Waals surface area contributed by atoms with Gasteiger partial charge in [-0.15, -0.1) is 0 Å². The van der Waals surface area contributed by atoms with Gasteiger partial charge in [-0.1, -0.05) is 0 Å². The van der Waals surface area contributed by atoms with Crippen LogP contribution in [0.15, 0.2) is 18.2 Å². The number of nitriles is 1. The first-order valence-electron chi connectivity index (χ1n) is 5.03. The minimum absolute atomic E-state index is 0.0448. The lowest BCUT2D eigenvalue weighted by Crippen LogP contribution is -2.03. The monoisotopic (exact) mass is 214 g/mol. The highest BCUT2D eigenvalue weighted by atomic mass is 16.1. The number of Topliss-reactive ketones (excluding diaryl/α,β-unsaturated/α-hetero) is 1. The van der Waals surface area contributed by atoms with Crippen LogP contribution in [0.25, 0.3) is 0 Å². The first-order chi connectivity index (χ1) is 7.70. The van der Waals surface area contributed by atoms with Crippen LogP contribution in [0.4, 0.5) is 5.69 Å². The predicted molar refractivity (Wildman–Crippen MR) is 58.0 cm³/mol. The number of hydrogen-bond donors (Lipinski definition) is 1. The molecule has 0 atom stereocenters. The van der Waals surface area contributed by atoms with Crippen molar-refractivity contribution < 1.29 is 9.59 Å². The van der Waals surface area contributed by atoms with E-state index in [4.69, 9.17) is 5.26 Å². The molecule has 0 fully saturated rings. The van der Waals surface area contributed by atoms with E-state index in [0.717, 1.165) is 11.3 Å². The fraction of sp³-hybridized carbons (Fsp3) is 0.250. The number of nitrogens with zero attached hydrogens (tertiary/aromatic N) is 1. The van der Waals surface area contributed by atoms with Gasteiger partial charge in [-0.05, 0) is 23.8 Å². The minimum Gasteiger partial charge on any atom is -0.326 e. The number of amides is 1. The molecule has 0 radical (unpaired) electrons. The smallest absolute Gasteiger partial charge is 0.228 e. The fourth-order valence-corrected chi connectivity index (χ4v) is 1.72. The molecule has 1 amide bonds. The summed E-state index contributed by atoms with van der Waals surface area (Å²) < 4.78 is 0. The highest BCUT2D eigenvalue weighted by Crippen LogP contribution is 2.24. The summed E-state index contributed by atoms with van der Waals surface area (Å²) in [6, 6.07) is 7.09. The molecule has 1 heterocycles. The Bertz CT molecular complexity index is 500. The summed E-state index contributed by atoms with van der Waals surface area (Å²) in [7, 11) is 0. The van der Waals surface area contributed by atoms with Crippen LogP contribution in [0.2, 0.25) is 0 Å². The molecule has 0 aliphatic carbocycles. The first kappa shape index (κ1) is 10.4. The Morgan fingerprint density at radius 3 is 3.06 bits per heavy atom. The molecule has 0 bridgehead atoms. The van der Waals surface area contributed by atoms with E-state index in [1.807, 2.05) is 6.07 Å². The minimum atomic E-state index is -0.0521. The normalized spacial score (nSPS) is 12.8. The van der Waals surface area contributed by atoms with Gasteiger partial charge in [0, 0.05) is 24.1 Å². The number of carbonyl (C=O) groups excluding carboxylic acids is 2. The molecule has 2 rings (SSSR count). The lowest BCUT2D eigenvalue weighted by atomic mass is 10.0. The summed E-state index contributed by atoms with van der Waals surface area (Å²) in [5.41, 5.74) is 2.21. The van der Waals surface area contributed by atoms with Crippen molar-refractivity contribution in [2.24, 2.45) is 0 Å². The van der Waals surface area contributed by atoms with Crippen LogP contribution in [-0.4, -0.2) is 11.7 Å². The number of hydrogen-bond acceptors (Lipinski definition) is 3. The molecular weight excluding hydrogens is 204 g/mol. The zero-order valence-electron chi connectivity index (χ0n) is 8.62. The molecule has 0 aromatic heterocycles. The van der Waals surface area contributed by atoms with Gasteiger partial charge < -0.3 is 5.32 Å². The molecule has 0 saturated carbocycles. The third-order valence-electron chi connectivity index (χ3n) is 2.52. The van der Waals surface area contributed by atoms with Gasteiger partial charge in [0.15, 0.2) is 5.78 Å². The average Bonchev–Trinajstić information content (AvgIpc) is 2.64. The quantitative estimate of drug-likeness (QED) is 0.778. The molecule has 80 valence electrons. The molecule has 16 heavy (non-hydrogen) atoms. The van der Waals surface area contributed by atoms with Gasteiger partial charge in [-0.2, -0.15) is 5.26 Å². The standard InChI is InChI=1S/C12H10N2O2/c13-5-1-2-11(15)8-3-4-10-9(6-8)7-12(16)14-10/h3-4,6H,1-2,7H2,(H,14,16). The number of ketones is 1. The highest BCUT2D eigenvalue weighted by molar-refractivity contribution is 6.02. The Morgan fingerprint density at radius 1 is 1.50 bits per heavy atom. The van der Waals surface area contributed by atoms with Gasteiger partial charge in [0.05, 0.1) is 12.5 Å². The Hall–Kier alpha value is -2.15. The van der Waals surface area contributed by atoms with Crippen molar-refractivity contribution in [2.75, 3.05) is 5.32 Å². The molecule has 0 unspecified atom stereocenters.